The third kappa shape index (κ3) is 5.99. The van der Waals surface area contributed by atoms with E-state index in [1.165, 1.54) is 0 Å². The summed E-state index contributed by atoms with van der Waals surface area (Å²) >= 11 is 1.66. The molecular weight excluding hydrogens is 410 g/mol. The van der Waals surface area contributed by atoms with E-state index in [1.807, 2.05) is 41.9 Å². The number of rotatable bonds is 3. The zero-order chi connectivity index (χ0) is 21.8. The maximum Gasteiger partial charge on any atom is 0.290 e. The van der Waals surface area contributed by atoms with E-state index in [9.17, 15) is 5.11 Å². The molecule has 3 heterocycles. The van der Waals surface area contributed by atoms with Crippen molar-refractivity contribution >= 4 is 29.4 Å². The first-order valence-electron chi connectivity index (χ1n) is 9.50. The van der Waals surface area contributed by atoms with Gasteiger partial charge in [-0.1, -0.05) is 30.3 Å². The lowest BCUT2D eigenvalue weighted by atomic mass is 9.79. The van der Waals surface area contributed by atoms with E-state index in [0.29, 0.717) is 6.42 Å². The molecule has 1 aromatic carbocycles. The first-order chi connectivity index (χ1) is 14.6. The number of morpholine rings is 1. The molecule has 0 amide bonds. The molecule has 9 nitrogen and oxygen atoms in total. The lowest BCUT2D eigenvalue weighted by Gasteiger charge is -2.50. The molecule has 2 fully saturated rings. The molecule has 0 aliphatic carbocycles. The van der Waals surface area contributed by atoms with Crippen LogP contribution in [-0.4, -0.2) is 83.6 Å². The molecule has 2 saturated heterocycles. The maximum absolute atomic E-state index is 11.6. The fraction of sp³-hybridized carbons (Fsp3) is 0.450. The Morgan fingerprint density at radius 1 is 1.10 bits per heavy atom. The summed E-state index contributed by atoms with van der Waals surface area (Å²) in [5.41, 5.74) is 0.187. The van der Waals surface area contributed by atoms with Crippen molar-refractivity contribution in [3.8, 4) is 0 Å². The van der Waals surface area contributed by atoms with Gasteiger partial charge in [-0.25, -0.2) is 4.98 Å². The van der Waals surface area contributed by atoms with E-state index in [0.717, 1.165) is 50.1 Å². The Labute approximate surface area is 179 Å². The summed E-state index contributed by atoms with van der Waals surface area (Å²) in [7, 11) is 0. The van der Waals surface area contributed by atoms with Crippen molar-refractivity contribution in [1.82, 2.24) is 9.88 Å². The second-order valence-corrected chi connectivity index (χ2v) is 7.55. The summed E-state index contributed by atoms with van der Waals surface area (Å²) in [5.74, 6) is 0. The highest BCUT2D eigenvalue weighted by Gasteiger charge is 2.46. The van der Waals surface area contributed by atoms with Gasteiger partial charge in [-0.05, 0) is 12.0 Å². The molecule has 0 saturated carbocycles. The quantitative estimate of drug-likeness (QED) is 0.610. The van der Waals surface area contributed by atoms with Gasteiger partial charge in [0.2, 0.25) is 0 Å². The maximum atomic E-state index is 11.6. The summed E-state index contributed by atoms with van der Waals surface area (Å²) < 4.78 is 5.52. The Bertz CT molecular complexity index is 736. The van der Waals surface area contributed by atoms with Crippen LogP contribution in [0.2, 0.25) is 0 Å². The number of carboxylic acid groups (broad SMARTS) is 2. The first-order valence-corrected chi connectivity index (χ1v) is 10.4. The molecule has 4 rings (SSSR count). The van der Waals surface area contributed by atoms with Crippen molar-refractivity contribution in [2.45, 2.75) is 18.1 Å². The molecule has 2 atom stereocenters. The van der Waals surface area contributed by atoms with Crippen LogP contribution in [0, 0.1) is 0 Å². The summed E-state index contributed by atoms with van der Waals surface area (Å²) in [5, 5.41) is 28.5. The molecule has 0 bridgehead atoms. The van der Waals surface area contributed by atoms with Crippen molar-refractivity contribution in [1.29, 1.82) is 0 Å². The van der Waals surface area contributed by atoms with E-state index >= 15 is 0 Å². The monoisotopic (exact) mass is 437 g/mol. The summed E-state index contributed by atoms with van der Waals surface area (Å²) in [6.45, 7) is 4.31. The number of nitrogens with zero attached hydrogens (tertiary/aromatic N) is 3. The van der Waals surface area contributed by atoms with Gasteiger partial charge in [0.25, 0.3) is 12.9 Å². The molecule has 0 spiro atoms. The third-order valence-corrected chi connectivity index (χ3v) is 5.99. The van der Waals surface area contributed by atoms with Gasteiger partial charge in [0, 0.05) is 37.8 Å². The van der Waals surface area contributed by atoms with E-state index < -0.39 is 5.60 Å². The summed E-state index contributed by atoms with van der Waals surface area (Å²) in [6.07, 6.45) is 2.56. The highest BCUT2D eigenvalue weighted by molar-refractivity contribution is 7.13. The second-order valence-electron chi connectivity index (χ2n) is 6.68. The molecule has 164 valence electrons. The number of thiazole rings is 1. The minimum Gasteiger partial charge on any atom is -0.483 e. The SMILES string of the molecule is O=CO.O=CO.O[C@]1(c2ccccc2)CCN(c2nccs2)C[C@H]1N1CCOCC1. The fourth-order valence-electron chi connectivity index (χ4n) is 3.84. The average Bonchev–Trinajstić information content (AvgIpc) is 3.31. The second kappa shape index (κ2) is 12.2. The van der Waals surface area contributed by atoms with Crippen molar-refractivity contribution in [3.05, 3.63) is 47.5 Å². The highest BCUT2D eigenvalue weighted by Crippen LogP contribution is 2.38. The predicted octanol–water partition coefficient (Wildman–Crippen LogP) is 1.34. The molecule has 10 heteroatoms. The normalized spacial score (nSPS) is 23.9. The number of hydrogen-bond donors (Lipinski definition) is 3. The van der Waals surface area contributed by atoms with E-state index in [-0.39, 0.29) is 19.0 Å². The lowest BCUT2D eigenvalue weighted by molar-refractivity contribution is -0.123. The standard InChI is InChI=1S/C18H23N3O2S.2CH2O2/c22-18(15-4-2-1-3-5-15)6-8-21(17-19-7-13-24-17)14-16(18)20-9-11-23-12-10-20;2*2-1-3/h1-5,7,13,16,22H,6,8-12,14H2;2*1H,(H,2,3)/t16-,18+;;/m1../s1. The van der Waals surface area contributed by atoms with Gasteiger partial charge in [-0.15, -0.1) is 11.3 Å². The summed E-state index contributed by atoms with van der Waals surface area (Å²) in [4.78, 5) is 25.9. The molecule has 1 aromatic heterocycles. The highest BCUT2D eigenvalue weighted by atomic mass is 32.1. The van der Waals surface area contributed by atoms with Crippen LogP contribution in [-0.2, 0) is 19.9 Å². The van der Waals surface area contributed by atoms with Gasteiger partial charge >= 0.3 is 0 Å². The minimum absolute atomic E-state index is 0.0430. The Hall–Kier alpha value is -2.53. The van der Waals surface area contributed by atoms with Crippen LogP contribution in [0.5, 0.6) is 0 Å². The molecule has 2 aliphatic heterocycles. The lowest BCUT2D eigenvalue weighted by Crippen LogP contribution is -2.62. The van der Waals surface area contributed by atoms with Gasteiger partial charge in [0.1, 0.15) is 5.60 Å². The third-order valence-electron chi connectivity index (χ3n) is 5.16. The number of benzene rings is 1. The molecule has 0 radical (unpaired) electrons. The number of hydrogen-bond acceptors (Lipinski definition) is 8. The number of carbonyl (C=O) groups is 2. The Kier molecular flexibility index (Phi) is 9.68. The Morgan fingerprint density at radius 2 is 1.73 bits per heavy atom. The van der Waals surface area contributed by atoms with Crippen LogP contribution in [0.3, 0.4) is 0 Å². The number of anilines is 1. The van der Waals surface area contributed by atoms with E-state index in [1.54, 1.807) is 11.3 Å². The van der Waals surface area contributed by atoms with E-state index in [4.69, 9.17) is 24.5 Å². The van der Waals surface area contributed by atoms with Gasteiger partial charge in [0.05, 0.1) is 19.3 Å². The Morgan fingerprint density at radius 3 is 2.30 bits per heavy atom. The first kappa shape index (κ1) is 23.7. The van der Waals surface area contributed by atoms with Gasteiger partial charge in [-0.2, -0.15) is 0 Å². The molecular formula is C20H27N3O6S. The molecule has 30 heavy (non-hydrogen) atoms. The average molecular weight is 438 g/mol. The predicted molar refractivity (Wildman–Crippen MR) is 113 cm³/mol. The van der Waals surface area contributed by atoms with Crippen LogP contribution in [0.1, 0.15) is 12.0 Å². The van der Waals surface area contributed by atoms with Gasteiger partial charge in [-0.3, -0.25) is 14.5 Å². The minimum atomic E-state index is -0.827. The van der Waals surface area contributed by atoms with Crippen LogP contribution in [0.15, 0.2) is 41.9 Å². The topological polar surface area (TPSA) is 123 Å². The zero-order valence-electron chi connectivity index (χ0n) is 16.5. The van der Waals surface area contributed by atoms with Crippen molar-refractivity contribution < 1.29 is 29.6 Å². The number of piperidine rings is 1. The summed E-state index contributed by atoms with van der Waals surface area (Å²) in [6, 6.07) is 10.2. The Balaban J connectivity index is 0.000000480. The molecule has 2 aliphatic rings. The van der Waals surface area contributed by atoms with Crippen LogP contribution >= 0.6 is 11.3 Å². The molecule has 0 unspecified atom stereocenters. The van der Waals surface area contributed by atoms with Crippen LogP contribution in [0.25, 0.3) is 0 Å². The zero-order valence-corrected chi connectivity index (χ0v) is 17.4. The van der Waals surface area contributed by atoms with Crippen molar-refractivity contribution in [3.63, 3.8) is 0 Å². The smallest absolute Gasteiger partial charge is 0.290 e. The number of ether oxygens (including phenoxy) is 1. The van der Waals surface area contributed by atoms with E-state index in [2.05, 4.69) is 14.8 Å². The van der Waals surface area contributed by atoms with Crippen molar-refractivity contribution in [2.75, 3.05) is 44.3 Å². The molecule has 2 aromatic rings. The molecule has 3 N–H and O–H groups in total. The van der Waals surface area contributed by atoms with Crippen LogP contribution < -0.4 is 4.90 Å². The van der Waals surface area contributed by atoms with Gasteiger partial charge < -0.3 is 25.0 Å². The fourth-order valence-corrected chi connectivity index (χ4v) is 4.52. The van der Waals surface area contributed by atoms with Crippen molar-refractivity contribution in [2.24, 2.45) is 0 Å². The number of aliphatic hydroxyl groups is 1. The number of aromatic nitrogens is 1. The van der Waals surface area contributed by atoms with Crippen LogP contribution in [0.4, 0.5) is 5.13 Å². The van der Waals surface area contributed by atoms with Gasteiger partial charge in [0.15, 0.2) is 5.13 Å². The largest absolute Gasteiger partial charge is 0.483 e.